The van der Waals surface area contributed by atoms with Crippen molar-refractivity contribution in [3.8, 4) is 0 Å². The molecule has 112 valence electrons. The fraction of sp³-hybridized carbons (Fsp3) is 0.333. The first-order valence-electron chi connectivity index (χ1n) is 7.40. The quantitative estimate of drug-likeness (QED) is 0.746. The van der Waals surface area contributed by atoms with Crippen LogP contribution in [0.2, 0.25) is 10.0 Å². The monoisotopic (exact) mass is 321 g/mol. The van der Waals surface area contributed by atoms with Crippen LogP contribution in [0, 0.1) is 0 Å². The second kappa shape index (κ2) is 7.84. The predicted octanol–water partition coefficient (Wildman–Crippen LogP) is 5.45. The van der Waals surface area contributed by atoms with E-state index in [0.29, 0.717) is 0 Å². The fourth-order valence-corrected chi connectivity index (χ4v) is 3.02. The van der Waals surface area contributed by atoms with Gasteiger partial charge in [0.05, 0.1) is 0 Å². The third kappa shape index (κ3) is 4.23. The average Bonchev–Trinajstić information content (AvgIpc) is 2.50. The summed E-state index contributed by atoms with van der Waals surface area (Å²) < 4.78 is 0. The molecule has 1 atom stereocenters. The molecular weight excluding hydrogens is 301 g/mol. The zero-order valence-corrected chi connectivity index (χ0v) is 14.0. The van der Waals surface area contributed by atoms with Gasteiger partial charge in [-0.2, -0.15) is 0 Å². The lowest BCUT2D eigenvalue weighted by atomic mass is 9.97. The van der Waals surface area contributed by atoms with Crippen molar-refractivity contribution in [2.75, 3.05) is 6.54 Å². The summed E-state index contributed by atoms with van der Waals surface area (Å²) in [5, 5.41) is 4.99. The molecule has 0 fully saturated rings. The SMILES string of the molecule is CCNC(Cc1c(Cl)cccc1Cl)c1ccc(CC)cc1. The van der Waals surface area contributed by atoms with Gasteiger partial charge in [0.1, 0.15) is 0 Å². The third-order valence-corrected chi connectivity index (χ3v) is 4.42. The van der Waals surface area contributed by atoms with E-state index >= 15 is 0 Å². The Morgan fingerprint density at radius 1 is 0.952 bits per heavy atom. The second-order valence-corrected chi connectivity index (χ2v) is 5.92. The molecule has 2 aromatic carbocycles. The summed E-state index contributed by atoms with van der Waals surface area (Å²) in [5.41, 5.74) is 3.63. The number of rotatable bonds is 6. The largest absolute Gasteiger partial charge is 0.310 e. The Kier molecular flexibility index (Phi) is 6.10. The Balaban J connectivity index is 2.26. The molecule has 0 radical (unpaired) electrons. The predicted molar refractivity (Wildman–Crippen MR) is 92.4 cm³/mol. The van der Waals surface area contributed by atoms with Gasteiger partial charge in [-0.3, -0.25) is 0 Å². The van der Waals surface area contributed by atoms with Crippen molar-refractivity contribution in [3.05, 3.63) is 69.2 Å². The molecule has 3 heteroatoms. The summed E-state index contributed by atoms with van der Waals surface area (Å²) in [7, 11) is 0. The summed E-state index contributed by atoms with van der Waals surface area (Å²) in [6, 6.07) is 14.7. The van der Waals surface area contributed by atoms with Gasteiger partial charge in [0.25, 0.3) is 0 Å². The number of aryl methyl sites for hydroxylation is 1. The van der Waals surface area contributed by atoms with Crippen LogP contribution in [0.3, 0.4) is 0 Å². The van der Waals surface area contributed by atoms with Gasteiger partial charge in [-0.15, -0.1) is 0 Å². The maximum absolute atomic E-state index is 6.30. The standard InChI is InChI=1S/C18H21Cl2N/c1-3-13-8-10-14(11-9-13)18(21-4-2)12-15-16(19)6-5-7-17(15)20/h5-11,18,21H,3-4,12H2,1-2H3. The molecule has 0 bridgehead atoms. The molecule has 1 N–H and O–H groups in total. The highest BCUT2D eigenvalue weighted by atomic mass is 35.5. The van der Waals surface area contributed by atoms with Gasteiger partial charge in [-0.05, 0) is 48.2 Å². The van der Waals surface area contributed by atoms with Crippen molar-refractivity contribution in [3.63, 3.8) is 0 Å². The van der Waals surface area contributed by atoms with Crippen LogP contribution in [0.15, 0.2) is 42.5 Å². The van der Waals surface area contributed by atoms with E-state index in [1.54, 1.807) is 0 Å². The molecule has 21 heavy (non-hydrogen) atoms. The number of likely N-dealkylation sites (N-methyl/N-ethyl adjacent to an activating group) is 1. The van der Waals surface area contributed by atoms with E-state index in [1.807, 2.05) is 18.2 Å². The Morgan fingerprint density at radius 3 is 2.10 bits per heavy atom. The first-order chi connectivity index (χ1) is 10.2. The fourth-order valence-electron chi connectivity index (χ4n) is 2.47. The number of hydrogen-bond donors (Lipinski definition) is 1. The minimum absolute atomic E-state index is 0.221. The number of benzene rings is 2. The topological polar surface area (TPSA) is 12.0 Å². The molecule has 1 unspecified atom stereocenters. The Labute approximate surface area is 137 Å². The van der Waals surface area contributed by atoms with Crippen LogP contribution >= 0.6 is 23.2 Å². The Bertz CT molecular complexity index is 558. The highest BCUT2D eigenvalue weighted by molar-refractivity contribution is 6.36. The molecule has 2 rings (SSSR count). The summed E-state index contributed by atoms with van der Waals surface area (Å²) in [4.78, 5) is 0. The maximum Gasteiger partial charge on any atom is 0.0453 e. The minimum Gasteiger partial charge on any atom is -0.310 e. The van der Waals surface area contributed by atoms with Crippen LogP contribution in [0.4, 0.5) is 0 Å². The lowest BCUT2D eigenvalue weighted by molar-refractivity contribution is 0.550. The van der Waals surface area contributed by atoms with Crippen molar-refractivity contribution in [2.45, 2.75) is 32.7 Å². The van der Waals surface area contributed by atoms with Crippen molar-refractivity contribution in [2.24, 2.45) is 0 Å². The number of hydrogen-bond acceptors (Lipinski definition) is 1. The molecule has 0 spiro atoms. The van der Waals surface area contributed by atoms with Gasteiger partial charge in [-0.25, -0.2) is 0 Å². The lowest BCUT2D eigenvalue weighted by Gasteiger charge is -2.20. The first-order valence-corrected chi connectivity index (χ1v) is 8.16. The smallest absolute Gasteiger partial charge is 0.0453 e. The van der Waals surface area contributed by atoms with Crippen LogP contribution in [-0.2, 0) is 12.8 Å². The summed E-state index contributed by atoms with van der Waals surface area (Å²) >= 11 is 12.6. The van der Waals surface area contributed by atoms with Crippen molar-refractivity contribution >= 4 is 23.2 Å². The third-order valence-electron chi connectivity index (χ3n) is 3.71. The van der Waals surface area contributed by atoms with Gasteiger partial charge in [0.2, 0.25) is 0 Å². The van der Waals surface area contributed by atoms with Gasteiger partial charge in [0.15, 0.2) is 0 Å². The summed E-state index contributed by atoms with van der Waals surface area (Å²) in [6.07, 6.45) is 1.85. The number of nitrogens with one attached hydrogen (secondary N) is 1. The molecule has 0 aromatic heterocycles. The van der Waals surface area contributed by atoms with Crippen molar-refractivity contribution in [1.82, 2.24) is 5.32 Å². The zero-order chi connectivity index (χ0) is 15.2. The van der Waals surface area contributed by atoms with Crippen LogP contribution in [-0.4, -0.2) is 6.54 Å². The van der Waals surface area contributed by atoms with Gasteiger partial charge >= 0.3 is 0 Å². The van der Waals surface area contributed by atoms with E-state index in [4.69, 9.17) is 23.2 Å². The van der Waals surface area contributed by atoms with E-state index in [1.165, 1.54) is 11.1 Å². The van der Waals surface area contributed by atoms with Crippen LogP contribution < -0.4 is 5.32 Å². The molecule has 0 aliphatic heterocycles. The Morgan fingerprint density at radius 2 is 1.57 bits per heavy atom. The second-order valence-electron chi connectivity index (χ2n) is 5.11. The highest BCUT2D eigenvalue weighted by Gasteiger charge is 2.15. The van der Waals surface area contributed by atoms with E-state index in [2.05, 4.69) is 43.4 Å². The van der Waals surface area contributed by atoms with Crippen LogP contribution in [0.25, 0.3) is 0 Å². The van der Waals surface area contributed by atoms with Crippen molar-refractivity contribution < 1.29 is 0 Å². The molecule has 2 aromatic rings. The Hall–Kier alpha value is -1.02. The van der Waals surface area contributed by atoms with E-state index in [-0.39, 0.29) is 6.04 Å². The maximum atomic E-state index is 6.30. The van der Waals surface area contributed by atoms with Gasteiger partial charge in [0, 0.05) is 16.1 Å². The van der Waals surface area contributed by atoms with E-state index < -0.39 is 0 Å². The zero-order valence-electron chi connectivity index (χ0n) is 12.5. The molecular formula is C18H21Cl2N. The first kappa shape index (κ1) is 16.4. The molecule has 0 aliphatic carbocycles. The highest BCUT2D eigenvalue weighted by Crippen LogP contribution is 2.29. The van der Waals surface area contributed by atoms with Gasteiger partial charge in [-0.1, -0.05) is 67.4 Å². The molecule has 0 saturated heterocycles. The minimum atomic E-state index is 0.221. The number of halogens is 2. The van der Waals surface area contributed by atoms with Crippen LogP contribution in [0.1, 0.15) is 36.6 Å². The summed E-state index contributed by atoms with van der Waals surface area (Å²) in [5.74, 6) is 0. The molecule has 0 amide bonds. The summed E-state index contributed by atoms with van der Waals surface area (Å²) in [6.45, 7) is 5.18. The molecule has 0 saturated carbocycles. The molecule has 0 aliphatic rings. The van der Waals surface area contributed by atoms with Crippen molar-refractivity contribution in [1.29, 1.82) is 0 Å². The average molecular weight is 322 g/mol. The van der Waals surface area contributed by atoms with E-state index in [9.17, 15) is 0 Å². The lowest BCUT2D eigenvalue weighted by Crippen LogP contribution is -2.23. The van der Waals surface area contributed by atoms with Gasteiger partial charge < -0.3 is 5.32 Å². The normalized spacial score (nSPS) is 12.4. The van der Waals surface area contributed by atoms with Crippen LogP contribution in [0.5, 0.6) is 0 Å². The van der Waals surface area contributed by atoms with E-state index in [0.717, 1.165) is 35.0 Å². The molecule has 0 heterocycles. The molecule has 1 nitrogen and oxygen atoms in total.